The zero-order valence-corrected chi connectivity index (χ0v) is 18.5. The normalized spacial score (nSPS) is 20.6. The van der Waals surface area contributed by atoms with E-state index in [9.17, 15) is 0 Å². The number of hydrogen-bond acceptors (Lipinski definition) is 5. The molecule has 1 saturated heterocycles. The average Bonchev–Trinajstić information content (AvgIpc) is 3.38. The molecule has 1 aliphatic carbocycles. The van der Waals surface area contributed by atoms with Gasteiger partial charge in [-0.2, -0.15) is 0 Å². The number of hydrogen-bond donors (Lipinski definition) is 0. The first kappa shape index (κ1) is 18.7. The molecule has 6 rings (SSSR count). The van der Waals surface area contributed by atoms with Crippen LogP contribution in [0.5, 0.6) is 0 Å². The lowest BCUT2D eigenvalue weighted by Crippen LogP contribution is -2.60. The molecule has 0 radical (unpaired) electrons. The molecule has 2 aliphatic heterocycles. The minimum atomic E-state index is 0.305. The first-order chi connectivity index (χ1) is 14.7. The van der Waals surface area contributed by atoms with E-state index in [1.165, 1.54) is 50.2 Å². The minimum Gasteiger partial charge on any atom is -0.351 e. The number of aromatic nitrogens is 1. The summed E-state index contributed by atoms with van der Waals surface area (Å²) in [5.41, 5.74) is 3.36. The molecule has 0 N–H and O–H groups in total. The predicted octanol–water partition coefficient (Wildman–Crippen LogP) is 5.80. The van der Waals surface area contributed by atoms with Crippen LogP contribution in [0.2, 0.25) is 5.02 Å². The maximum Gasteiger partial charge on any atom is 0.0948 e. The molecule has 0 amide bonds. The number of nitrogens with zero attached hydrogens (tertiary/aromatic N) is 4. The summed E-state index contributed by atoms with van der Waals surface area (Å²) < 4.78 is 0. The Morgan fingerprint density at radius 1 is 1.07 bits per heavy atom. The van der Waals surface area contributed by atoms with Crippen LogP contribution in [0, 0.1) is 0 Å². The van der Waals surface area contributed by atoms with Crippen LogP contribution in [0.15, 0.2) is 54.2 Å². The highest BCUT2D eigenvalue weighted by Crippen LogP contribution is 2.42. The van der Waals surface area contributed by atoms with E-state index in [-0.39, 0.29) is 0 Å². The fourth-order valence-corrected chi connectivity index (χ4v) is 5.85. The monoisotopic (exact) mass is 436 g/mol. The Labute approximate surface area is 186 Å². The highest BCUT2D eigenvalue weighted by atomic mass is 35.5. The van der Waals surface area contributed by atoms with Gasteiger partial charge in [-0.05, 0) is 68.4 Å². The van der Waals surface area contributed by atoms with Crippen molar-refractivity contribution in [3.63, 3.8) is 0 Å². The maximum atomic E-state index is 6.72. The van der Waals surface area contributed by atoms with Crippen molar-refractivity contribution in [2.45, 2.75) is 31.2 Å². The second kappa shape index (κ2) is 7.26. The number of benzene rings is 1. The molecule has 30 heavy (non-hydrogen) atoms. The first-order valence-corrected chi connectivity index (χ1v) is 12.0. The lowest BCUT2D eigenvalue weighted by Gasteiger charge is -2.52. The smallest absolute Gasteiger partial charge is 0.0948 e. The molecule has 0 atom stereocenters. The van der Waals surface area contributed by atoms with Gasteiger partial charge in [0.15, 0.2) is 0 Å². The van der Waals surface area contributed by atoms with Crippen LogP contribution < -0.4 is 4.90 Å². The summed E-state index contributed by atoms with van der Waals surface area (Å²) in [6, 6.07) is 12.6. The van der Waals surface area contributed by atoms with Gasteiger partial charge in [0.05, 0.1) is 39.0 Å². The van der Waals surface area contributed by atoms with Crippen molar-refractivity contribution in [1.82, 2.24) is 14.8 Å². The van der Waals surface area contributed by atoms with Crippen molar-refractivity contribution in [2.24, 2.45) is 0 Å². The van der Waals surface area contributed by atoms with Crippen LogP contribution >= 0.6 is 22.9 Å². The third-order valence-corrected chi connectivity index (χ3v) is 8.13. The molecule has 1 saturated carbocycles. The van der Waals surface area contributed by atoms with Gasteiger partial charge >= 0.3 is 0 Å². The summed E-state index contributed by atoms with van der Waals surface area (Å²) in [6.07, 6.45) is 9.73. The van der Waals surface area contributed by atoms with Crippen LogP contribution in [0.3, 0.4) is 0 Å². The third-order valence-electron chi connectivity index (χ3n) is 6.93. The van der Waals surface area contributed by atoms with Gasteiger partial charge in [-0.3, -0.25) is 0 Å². The summed E-state index contributed by atoms with van der Waals surface area (Å²) in [4.78, 5) is 13.5. The van der Waals surface area contributed by atoms with Gasteiger partial charge in [-0.1, -0.05) is 23.7 Å². The Balaban J connectivity index is 1.28. The van der Waals surface area contributed by atoms with Crippen LogP contribution in [0.1, 0.15) is 25.7 Å². The van der Waals surface area contributed by atoms with Gasteiger partial charge in [0, 0.05) is 24.3 Å². The van der Waals surface area contributed by atoms with Crippen LogP contribution in [-0.4, -0.2) is 46.6 Å². The highest BCUT2D eigenvalue weighted by Gasteiger charge is 2.45. The van der Waals surface area contributed by atoms with Gasteiger partial charge in [-0.25, -0.2) is 4.98 Å². The molecule has 2 aromatic heterocycles. The van der Waals surface area contributed by atoms with E-state index in [1.807, 2.05) is 6.07 Å². The fourth-order valence-electron chi connectivity index (χ4n) is 4.87. The largest absolute Gasteiger partial charge is 0.351 e. The topological polar surface area (TPSA) is 22.6 Å². The molecule has 2 fully saturated rings. The molecule has 4 heterocycles. The second-order valence-electron chi connectivity index (χ2n) is 8.76. The molecule has 6 heteroatoms. The number of anilines is 1. The number of likely N-dealkylation sites (tertiary alicyclic amines) is 1. The molecule has 1 aromatic carbocycles. The second-order valence-corrected chi connectivity index (χ2v) is 10.1. The van der Waals surface area contributed by atoms with Gasteiger partial charge in [0.25, 0.3) is 0 Å². The van der Waals surface area contributed by atoms with E-state index >= 15 is 0 Å². The molecule has 0 spiro atoms. The lowest BCUT2D eigenvalue weighted by molar-refractivity contribution is 0.00535. The van der Waals surface area contributed by atoms with Crippen molar-refractivity contribution < 1.29 is 0 Å². The molecular weight excluding hydrogens is 412 g/mol. The van der Waals surface area contributed by atoms with Gasteiger partial charge in [-0.15, -0.1) is 11.3 Å². The standard InChI is InChI=1S/C24H25ClN4S/c25-19-14-18-5-6-20(23-4-1-13-30-23)26-21(18)15-22(19)28-11-12-29(17-28)24(7-2-8-24)16-27-9-3-10-27/h1,4-6,11-15H,2-3,7-10,16-17H2. The SMILES string of the molecule is Clc1cc2ccc(-c3cccs3)nc2cc1N1C=CN(C2(CN3CCC3)CCC2)C1. The zero-order chi connectivity index (χ0) is 20.1. The van der Waals surface area contributed by atoms with E-state index in [2.05, 4.69) is 62.8 Å². The number of fused-ring (bicyclic) bond motifs is 1. The number of thiophene rings is 1. The van der Waals surface area contributed by atoms with Crippen molar-refractivity contribution in [1.29, 1.82) is 0 Å². The summed E-state index contributed by atoms with van der Waals surface area (Å²) in [5, 5.41) is 3.96. The summed E-state index contributed by atoms with van der Waals surface area (Å²) in [5.74, 6) is 0. The molecule has 0 bridgehead atoms. The van der Waals surface area contributed by atoms with Crippen molar-refractivity contribution in [3.8, 4) is 10.6 Å². The number of pyridine rings is 1. The summed E-state index contributed by atoms with van der Waals surface area (Å²) in [7, 11) is 0. The maximum absolute atomic E-state index is 6.72. The van der Waals surface area contributed by atoms with Crippen LogP contribution in [0.25, 0.3) is 21.5 Å². The quantitative estimate of drug-likeness (QED) is 0.504. The van der Waals surface area contributed by atoms with Crippen molar-refractivity contribution in [2.75, 3.05) is 31.2 Å². The molecule has 0 unspecified atom stereocenters. The lowest BCUT2D eigenvalue weighted by atomic mass is 9.74. The Morgan fingerprint density at radius 3 is 2.67 bits per heavy atom. The molecule has 3 aliphatic rings. The van der Waals surface area contributed by atoms with Crippen LogP contribution in [-0.2, 0) is 0 Å². The van der Waals surface area contributed by atoms with Gasteiger partial charge < -0.3 is 14.7 Å². The first-order valence-electron chi connectivity index (χ1n) is 10.8. The van der Waals surface area contributed by atoms with E-state index in [4.69, 9.17) is 16.6 Å². The van der Waals surface area contributed by atoms with E-state index in [0.717, 1.165) is 34.0 Å². The highest BCUT2D eigenvalue weighted by molar-refractivity contribution is 7.13. The average molecular weight is 437 g/mol. The minimum absolute atomic E-state index is 0.305. The van der Waals surface area contributed by atoms with Gasteiger partial charge in [0.2, 0.25) is 0 Å². The van der Waals surface area contributed by atoms with Crippen LogP contribution in [0.4, 0.5) is 5.69 Å². The predicted molar refractivity (Wildman–Crippen MR) is 126 cm³/mol. The van der Waals surface area contributed by atoms with Crippen molar-refractivity contribution in [3.05, 3.63) is 59.2 Å². The molecule has 4 nitrogen and oxygen atoms in total. The van der Waals surface area contributed by atoms with E-state index < -0.39 is 0 Å². The zero-order valence-electron chi connectivity index (χ0n) is 16.9. The summed E-state index contributed by atoms with van der Waals surface area (Å²) >= 11 is 8.44. The number of rotatable bonds is 5. The fraction of sp³-hybridized carbons (Fsp3) is 0.375. The molecule has 3 aromatic rings. The Bertz CT molecular complexity index is 1100. The third kappa shape index (κ3) is 3.11. The molecular formula is C24H25ClN4S. The Morgan fingerprint density at radius 2 is 1.97 bits per heavy atom. The van der Waals surface area contributed by atoms with Gasteiger partial charge in [0.1, 0.15) is 0 Å². The molecule has 154 valence electrons. The van der Waals surface area contributed by atoms with E-state index in [1.54, 1.807) is 11.3 Å². The Hall–Kier alpha value is -2.08. The number of halogens is 1. The van der Waals surface area contributed by atoms with Crippen molar-refractivity contribution >= 4 is 39.5 Å². The van der Waals surface area contributed by atoms with E-state index in [0.29, 0.717) is 5.54 Å². The Kier molecular flexibility index (Phi) is 4.52. The summed E-state index contributed by atoms with van der Waals surface area (Å²) in [6.45, 7) is 4.58.